The van der Waals surface area contributed by atoms with Gasteiger partial charge in [0.05, 0.1) is 11.5 Å². The highest BCUT2D eigenvalue weighted by Gasteiger charge is 2.28. The summed E-state index contributed by atoms with van der Waals surface area (Å²) >= 11 is 0. The van der Waals surface area contributed by atoms with Crippen LogP contribution in [0.2, 0.25) is 0 Å². The quantitative estimate of drug-likeness (QED) is 0.422. The summed E-state index contributed by atoms with van der Waals surface area (Å²) in [6.45, 7) is 1.31. The third kappa shape index (κ3) is 5.18. The molecule has 0 amide bonds. The van der Waals surface area contributed by atoms with Crippen molar-refractivity contribution in [2.45, 2.75) is 19.1 Å². The molecule has 0 aliphatic heterocycles. The topological polar surface area (TPSA) is 112 Å². The van der Waals surface area contributed by atoms with Crippen LogP contribution in [0.5, 0.6) is 5.88 Å². The zero-order valence-corrected chi connectivity index (χ0v) is 16.2. The smallest absolute Gasteiger partial charge is 0.347 e. The first-order valence-corrected chi connectivity index (χ1v) is 9.17. The van der Waals surface area contributed by atoms with Crippen molar-refractivity contribution in [3.05, 3.63) is 99.7 Å². The summed E-state index contributed by atoms with van der Waals surface area (Å²) < 4.78 is 11.3. The molecule has 1 unspecified atom stereocenters. The lowest BCUT2D eigenvalue weighted by Gasteiger charge is -2.22. The zero-order chi connectivity index (χ0) is 21.5. The summed E-state index contributed by atoms with van der Waals surface area (Å²) in [5, 5.41) is 20.8. The van der Waals surface area contributed by atoms with Gasteiger partial charge in [-0.2, -0.15) is 0 Å². The van der Waals surface area contributed by atoms with Crippen molar-refractivity contribution in [2.24, 2.45) is 0 Å². The highest BCUT2D eigenvalue weighted by Crippen LogP contribution is 2.28. The number of carboxylic acid groups (broad SMARTS) is 1. The Hall–Kier alpha value is -3.78. The van der Waals surface area contributed by atoms with E-state index in [1.807, 2.05) is 60.7 Å². The Labute approximate surface area is 172 Å². The van der Waals surface area contributed by atoms with Gasteiger partial charge in [0.1, 0.15) is 6.10 Å². The van der Waals surface area contributed by atoms with E-state index in [0.717, 1.165) is 11.1 Å². The number of ether oxygens (including phenoxy) is 2. The summed E-state index contributed by atoms with van der Waals surface area (Å²) in [6, 6.07) is 20.0. The van der Waals surface area contributed by atoms with Crippen molar-refractivity contribution >= 4 is 11.7 Å². The van der Waals surface area contributed by atoms with Crippen LogP contribution in [-0.2, 0) is 9.53 Å². The third-order valence-electron chi connectivity index (χ3n) is 4.31. The number of hydrogen-bond acceptors (Lipinski definition) is 6. The Morgan fingerprint density at radius 3 is 2.17 bits per heavy atom. The maximum absolute atomic E-state index is 11.7. The first-order chi connectivity index (χ1) is 14.5. The van der Waals surface area contributed by atoms with E-state index in [0.29, 0.717) is 5.56 Å². The highest BCUT2D eigenvalue weighted by atomic mass is 16.6. The fourth-order valence-electron chi connectivity index (χ4n) is 2.88. The third-order valence-corrected chi connectivity index (χ3v) is 4.31. The number of nitrogens with zero attached hydrogens (tertiary/aromatic N) is 2. The maximum Gasteiger partial charge on any atom is 0.347 e. The molecule has 1 atom stereocenters. The molecule has 0 bridgehead atoms. The van der Waals surface area contributed by atoms with Crippen LogP contribution in [0.15, 0.2) is 72.9 Å². The fraction of sp³-hybridized carbons (Fsp3) is 0.182. The Kier molecular flexibility index (Phi) is 6.71. The maximum atomic E-state index is 11.7. The average molecular weight is 408 g/mol. The van der Waals surface area contributed by atoms with Gasteiger partial charge in [0.25, 0.3) is 5.88 Å². The van der Waals surface area contributed by atoms with Gasteiger partial charge in [0.2, 0.25) is 6.10 Å². The molecule has 0 saturated carbocycles. The molecule has 0 aliphatic carbocycles. The molecule has 3 aromatic rings. The molecule has 3 rings (SSSR count). The van der Waals surface area contributed by atoms with Gasteiger partial charge in [-0.05, 0) is 23.6 Å². The van der Waals surface area contributed by atoms with Crippen LogP contribution in [0.1, 0.15) is 22.8 Å². The standard InChI is InChI=1S/C22H20N2O6/c1-15-12-18(24(27)28)21(23-13-15)30-19(22(25)26)14-29-20(16-8-4-2-5-9-16)17-10-6-3-7-11-17/h2-13,19-20H,14H2,1H3,(H,25,26). The van der Waals surface area contributed by atoms with Gasteiger partial charge >= 0.3 is 11.7 Å². The Bertz CT molecular complexity index is 971. The number of carboxylic acids is 1. The van der Waals surface area contributed by atoms with E-state index in [1.165, 1.54) is 12.3 Å². The fourth-order valence-corrected chi connectivity index (χ4v) is 2.88. The van der Waals surface area contributed by atoms with Crippen LogP contribution in [0.25, 0.3) is 0 Å². The van der Waals surface area contributed by atoms with E-state index in [4.69, 9.17) is 9.47 Å². The lowest BCUT2D eigenvalue weighted by atomic mass is 10.0. The van der Waals surface area contributed by atoms with E-state index in [9.17, 15) is 20.0 Å². The van der Waals surface area contributed by atoms with Gasteiger partial charge in [0.15, 0.2) is 0 Å². The van der Waals surface area contributed by atoms with Crippen molar-refractivity contribution in [2.75, 3.05) is 6.61 Å². The first kappa shape index (κ1) is 20.9. The summed E-state index contributed by atoms with van der Waals surface area (Å²) in [7, 11) is 0. The molecule has 8 nitrogen and oxygen atoms in total. The number of hydrogen-bond donors (Lipinski definition) is 1. The van der Waals surface area contributed by atoms with Crippen LogP contribution >= 0.6 is 0 Å². The Morgan fingerprint density at radius 2 is 1.67 bits per heavy atom. The monoisotopic (exact) mass is 408 g/mol. The van der Waals surface area contributed by atoms with Crippen LogP contribution in [0.4, 0.5) is 5.69 Å². The molecule has 1 heterocycles. The predicted molar refractivity (Wildman–Crippen MR) is 108 cm³/mol. The molecule has 0 fully saturated rings. The molecule has 0 spiro atoms. The van der Waals surface area contributed by atoms with Gasteiger partial charge < -0.3 is 14.6 Å². The summed E-state index contributed by atoms with van der Waals surface area (Å²) in [5.74, 6) is -1.68. The zero-order valence-electron chi connectivity index (χ0n) is 16.2. The molecule has 0 saturated heterocycles. The number of carbonyl (C=O) groups is 1. The average Bonchev–Trinajstić information content (AvgIpc) is 2.75. The Balaban J connectivity index is 1.82. The molecule has 2 aromatic carbocycles. The van der Waals surface area contributed by atoms with Gasteiger partial charge in [0, 0.05) is 12.3 Å². The number of pyridine rings is 1. The predicted octanol–water partition coefficient (Wildman–Crippen LogP) is 3.94. The van der Waals surface area contributed by atoms with Crippen molar-refractivity contribution < 1.29 is 24.3 Å². The van der Waals surface area contributed by atoms with E-state index in [2.05, 4.69) is 4.98 Å². The van der Waals surface area contributed by atoms with Crippen LogP contribution in [0.3, 0.4) is 0 Å². The number of aryl methyl sites for hydroxylation is 1. The van der Waals surface area contributed by atoms with Crippen LogP contribution in [-0.4, -0.2) is 33.7 Å². The van der Waals surface area contributed by atoms with Gasteiger partial charge in [-0.3, -0.25) is 10.1 Å². The molecular formula is C22H20N2O6. The van der Waals surface area contributed by atoms with Gasteiger partial charge in [-0.25, -0.2) is 9.78 Å². The summed E-state index contributed by atoms with van der Waals surface area (Å²) in [5.41, 5.74) is 1.84. The van der Waals surface area contributed by atoms with E-state index >= 15 is 0 Å². The number of aromatic nitrogens is 1. The molecule has 8 heteroatoms. The van der Waals surface area contributed by atoms with Gasteiger partial charge in [-0.1, -0.05) is 60.7 Å². The van der Waals surface area contributed by atoms with E-state index in [1.54, 1.807) is 6.92 Å². The number of benzene rings is 2. The van der Waals surface area contributed by atoms with Crippen molar-refractivity contribution in [1.29, 1.82) is 0 Å². The number of rotatable bonds is 9. The lowest BCUT2D eigenvalue weighted by Crippen LogP contribution is -2.33. The van der Waals surface area contributed by atoms with Crippen molar-refractivity contribution in [3.8, 4) is 5.88 Å². The summed E-state index contributed by atoms with van der Waals surface area (Å²) in [6.07, 6.45) is -0.633. The molecule has 154 valence electrons. The molecule has 0 radical (unpaired) electrons. The van der Waals surface area contributed by atoms with Crippen molar-refractivity contribution in [1.82, 2.24) is 4.98 Å². The Morgan fingerprint density at radius 1 is 1.10 bits per heavy atom. The second kappa shape index (κ2) is 9.62. The SMILES string of the molecule is Cc1cnc(OC(COC(c2ccccc2)c2ccccc2)C(=O)O)c([N+](=O)[O-])c1. The van der Waals surface area contributed by atoms with Crippen LogP contribution < -0.4 is 4.74 Å². The van der Waals surface area contributed by atoms with E-state index in [-0.39, 0.29) is 12.5 Å². The largest absolute Gasteiger partial charge is 0.478 e. The molecule has 1 aromatic heterocycles. The second-order valence-electron chi connectivity index (χ2n) is 6.57. The van der Waals surface area contributed by atoms with Crippen molar-refractivity contribution in [3.63, 3.8) is 0 Å². The number of aliphatic carboxylic acids is 1. The second-order valence-corrected chi connectivity index (χ2v) is 6.57. The minimum Gasteiger partial charge on any atom is -0.478 e. The number of nitro groups is 1. The molecular weight excluding hydrogens is 388 g/mol. The van der Waals surface area contributed by atoms with Gasteiger partial charge in [-0.15, -0.1) is 0 Å². The van der Waals surface area contributed by atoms with Crippen LogP contribution in [0, 0.1) is 17.0 Å². The highest BCUT2D eigenvalue weighted by molar-refractivity contribution is 5.73. The minimum atomic E-state index is -1.48. The molecule has 30 heavy (non-hydrogen) atoms. The lowest BCUT2D eigenvalue weighted by molar-refractivity contribution is -0.386. The first-order valence-electron chi connectivity index (χ1n) is 9.17. The molecule has 0 aliphatic rings. The minimum absolute atomic E-state index is 0.337. The molecule has 1 N–H and O–H groups in total. The summed E-state index contributed by atoms with van der Waals surface area (Å²) in [4.78, 5) is 26.2. The van der Waals surface area contributed by atoms with E-state index < -0.39 is 28.8 Å². The normalized spacial score (nSPS) is 11.8.